The third kappa shape index (κ3) is 5.04. The van der Waals surface area contributed by atoms with Crippen LogP contribution in [-0.2, 0) is 19.0 Å². The molecule has 0 spiro atoms. The van der Waals surface area contributed by atoms with E-state index in [0.29, 0.717) is 12.1 Å². The van der Waals surface area contributed by atoms with E-state index in [1.165, 1.54) is 0 Å². The van der Waals surface area contributed by atoms with Crippen LogP contribution in [-0.4, -0.2) is 50.4 Å². The normalized spacial score (nSPS) is 20.5. The first kappa shape index (κ1) is 18.4. The van der Waals surface area contributed by atoms with Gasteiger partial charge in [0.05, 0.1) is 11.7 Å². The van der Waals surface area contributed by atoms with E-state index in [1.807, 2.05) is 27.7 Å². The Morgan fingerprint density at radius 3 is 2.46 bits per heavy atom. The monoisotopic (exact) mass is 335 g/mol. The van der Waals surface area contributed by atoms with Crippen molar-refractivity contribution in [2.75, 3.05) is 26.3 Å². The van der Waals surface area contributed by atoms with Crippen molar-refractivity contribution in [3.05, 3.63) is 34.4 Å². The Balaban J connectivity index is 1.78. The minimum atomic E-state index is -0.578. The molecule has 1 aliphatic heterocycles. The number of benzene rings is 1. The Morgan fingerprint density at radius 1 is 1.17 bits per heavy atom. The van der Waals surface area contributed by atoms with E-state index in [1.54, 1.807) is 12.1 Å². The van der Waals surface area contributed by atoms with Crippen LogP contribution in [0.15, 0.2) is 12.1 Å². The molecule has 2 atom stereocenters. The molecule has 1 aromatic carbocycles. The number of ether oxygens (including phenoxy) is 3. The molecule has 1 fully saturated rings. The van der Waals surface area contributed by atoms with E-state index >= 15 is 0 Å². The van der Waals surface area contributed by atoms with Crippen molar-refractivity contribution in [2.24, 2.45) is 0 Å². The fourth-order valence-corrected chi connectivity index (χ4v) is 2.56. The minimum absolute atomic E-state index is 0.0910. The molecular formula is C18H25NO5. The molecule has 1 saturated heterocycles. The second-order valence-corrected chi connectivity index (χ2v) is 6.22. The van der Waals surface area contributed by atoms with Crippen molar-refractivity contribution in [3.8, 4) is 0 Å². The number of morpholine rings is 1. The van der Waals surface area contributed by atoms with Gasteiger partial charge in [-0.2, -0.15) is 0 Å². The van der Waals surface area contributed by atoms with Crippen molar-refractivity contribution in [1.82, 2.24) is 5.32 Å². The van der Waals surface area contributed by atoms with E-state index in [4.69, 9.17) is 14.2 Å². The van der Waals surface area contributed by atoms with Crippen LogP contribution in [0.5, 0.6) is 0 Å². The Labute approximate surface area is 142 Å². The van der Waals surface area contributed by atoms with Crippen molar-refractivity contribution >= 4 is 11.9 Å². The molecule has 0 radical (unpaired) electrons. The van der Waals surface area contributed by atoms with Gasteiger partial charge in [-0.15, -0.1) is 0 Å². The quantitative estimate of drug-likeness (QED) is 0.826. The van der Waals surface area contributed by atoms with Gasteiger partial charge in [-0.1, -0.05) is 0 Å². The number of hydrogen-bond acceptors (Lipinski definition) is 6. The summed E-state index contributed by atoms with van der Waals surface area (Å²) < 4.78 is 15.8. The molecule has 0 saturated carbocycles. The Hall–Kier alpha value is -1.92. The Morgan fingerprint density at radius 2 is 1.83 bits per heavy atom. The number of nitrogens with one attached hydrogen (secondary N) is 1. The maximum atomic E-state index is 12.0. The number of aryl methyl sites for hydroxylation is 2. The van der Waals surface area contributed by atoms with Crippen LogP contribution in [0.2, 0.25) is 0 Å². The van der Waals surface area contributed by atoms with Gasteiger partial charge in [-0.05, 0) is 56.5 Å². The molecule has 0 amide bonds. The lowest BCUT2D eigenvalue weighted by Crippen LogP contribution is -2.45. The molecule has 6 nitrogen and oxygen atoms in total. The van der Waals surface area contributed by atoms with E-state index < -0.39 is 18.5 Å². The van der Waals surface area contributed by atoms with Gasteiger partial charge in [-0.25, -0.2) is 9.59 Å². The highest BCUT2D eigenvalue weighted by Crippen LogP contribution is 2.16. The highest BCUT2D eigenvalue weighted by Gasteiger charge is 2.20. The zero-order chi connectivity index (χ0) is 17.7. The molecule has 132 valence electrons. The highest BCUT2D eigenvalue weighted by atomic mass is 16.6. The molecule has 1 N–H and O–H groups in total. The summed E-state index contributed by atoms with van der Waals surface area (Å²) in [5.41, 5.74) is 3.61. The van der Waals surface area contributed by atoms with Crippen LogP contribution < -0.4 is 5.32 Å². The van der Waals surface area contributed by atoms with Crippen molar-refractivity contribution in [2.45, 2.75) is 39.9 Å². The predicted molar refractivity (Wildman–Crippen MR) is 89.1 cm³/mol. The zero-order valence-corrected chi connectivity index (χ0v) is 14.7. The lowest BCUT2D eigenvalue weighted by molar-refractivity contribution is -0.153. The lowest BCUT2D eigenvalue weighted by atomic mass is 10.0. The van der Waals surface area contributed by atoms with Crippen LogP contribution in [0.4, 0.5) is 0 Å². The largest absolute Gasteiger partial charge is 0.460 e. The Bertz CT molecular complexity index is 590. The molecule has 0 aromatic heterocycles. The van der Waals surface area contributed by atoms with Crippen molar-refractivity contribution in [1.29, 1.82) is 0 Å². The number of rotatable bonds is 5. The maximum Gasteiger partial charge on any atom is 0.344 e. The van der Waals surface area contributed by atoms with E-state index in [-0.39, 0.29) is 18.8 Å². The number of carbonyl (C=O) groups excluding carboxylic acids is 2. The predicted octanol–water partition coefficient (Wildman–Crippen LogP) is 1.69. The first-order valence-electron chi connectivity index (χ1n) is 8.13. The van der Waals surface area contributed by atoms with Crippen LogP contribution in [0.3, 0.4) is 0 Å². The number of hydrogen-bond donors (Lipinski definition) is 1. The van der Waals surface area contributed by atoms with E-state index in [2.05, 4.69) is 5.32 Å². The first-order valence-corrected chi connectivity index (χ1v) is 8.13. The standard InChI is InChI=1S/C18H25NO5/c1-11-5-15(6-12(2)14(11)4)18(21)23-10-17(20)22-9-16-8-19-7-13(3)24-16/h5-6,13,16,19H,7-10H2,1-4H3. The fourth-order valence-electron chi connectivity index (χ4n) is 2.56. The van der Waals surface area contributed by atoms with Crippen LogP contribution in [0.25, 0.3) is 0 Å². The summed E-state index contributed by atoms with van der Waals surface area (Å²) in [6.07, 6.45) is -0.0795. The average molecular weight is 335 g/mol. The summed E-state index contributed by atoms with van der Waals surface area (Å²) in [4.78, 5) is 23.8. The average Bonchev–Trinajstić information content (AvgIpc) is 2.55. The van der Waals surface area contributed by atoms with Crippen LogP contribution in [0, 0.1) is 20.8 Å². The second-order valence-electron chi connectivity index (χ2n) is 6.22. The molecule has 2 rings (SSSR count). The van der Waals surface area contributed by atoms with Crippen molar-refractivity contribution in [3.63, 3.8) is 0 Å². The van der Waals surface area contributed by atoms with Gasteiger partial charge in [0.15, 0.2) is 6.61 Å². The first-order chi connectivity index (χ1) is 11.4. The molecular weight excluding hydrogens is 310 g/mol. The number of carbonyl (C=O) groups is 2. The topological polar surface area (TPSA) is 73.9 Å². The van der Waals surface area contributed by atoms with Gasteiger partial charge < -0.3 is 19.5 Å². The van der Waals surface area contributed by atoms with Crippen molar-refractivity contribution < 1.29 is 23.8 Å². The summed E-state index contributed by atoms with van der Waals surface area (Å²) in [5, 5.41) is 3.19. The summed E-state index contributed by atoms with van der Waals surface area (Å²) in [7, 11) is 0. The van der Waals surface area contributed by atoms with Crippen LogP contribution in [0.1, 0.15) is 34.0 Å². The van der Waals surface area contributed by atoms with Gasteiger partial charge >= 0.3 is 11.9 Å². The second kappa shape index (κ2) is 8.26. The molecule has 0 bridgehead atoms. The third-order valence-corrected chi connectivity index (χ3v) is 4.14. The van der Waals surface area contributed by atoms with E-state index in [9.17, 15) is 9.59 Å². The zero-order valence-electron chi connectivity index (χ0n) is 14.7. The minimum Gasteiger partial charge on any atom is -0.460 e. The van der Waals surface area contributed by atoms with E-state index in [0.717, 1.165) is 23.2 Å². The summed E-state index contributed by atoms with van der Waals surface area (Å²) >= 11 is 0. The third-order valence-electron chi connectivity index (χ3n) is 4.14. The van der Waals surface area contributed by atoms with Crippen LogP contribution >= 0.6 is 0 Å². The van der Waals surface area contributed by atoms with Gasteiger partial charge in [0.2, 0.25) is 0 Å². The van der Waals surface area contributed by atoms with Gasteiger partial charge in [0, 0.05) is 13.1 Å². The Kier molecular flexibility index (Phi) is 6.34. The van der Waals surface area contributed by atoms with Gasteiger partial charge in [-0.3, -0.25) is 0 Å². The summed E-state index contributed by atoms with van der Waals surface area (Å²) in [5.74, 6) is -1.10. The molecule has 2 unspecified atom stereocenters. The molecule has 24 heavy (non-hydrogen) atoms. The molecule has 1 aromatic rings. The highest BCUT2D eigenvalue weighted by molar-refractivity contribution is 5.91. The molecule has 6 heteroatoms. The maximum absolute atomic E-state index is 12.0. The smallest absolute Gasteiger partial charge is 0.344 e. The number of esters is 2. The van der Waals surface area contributed by atoms with Gasteiger partial charge in [0.1, 0.15) is 12.7 Å². The summed E-state index contributed by atoms with van der Waals surface area (Å²) in [6, 6.07) is 3.53. The summed E-state index contributed by atoms with van der Waals surface area (Å²) in [6.45, 7) is 9.00. The molecule has 0 aliphatic carbocycles. The SMILES string of the molecule is Cc1cc(C(=O)OCC(=O)OCC2CNCC(C)O2)cc(C)c1C. The molecule has 1 aliphatic rings. The lowest BCUT2D eigenvalue weighted by Gasteiger charge is -2.28. The fraction of sp³-hybridized carbons (Fsp3) is 0.556. The van der Waals surface area contributed by atoms with Gasteiger partial charge in [0.25, 0.3) is 0 Å². The molecule has 1 heterocycles.